The minimum absolute atomic E-state index is 0.113. The summed E-state index contributed by atoms with van der Waals surface area (Å²) in [6, 6.07) is 14.1. The lowest BCUT2D eigenvalue weighted by Crippen LogP contribution is -2.58. The van der Waals surface area contributed by atoms with Crippen molar-refractivity contribution in [3.63, 3.8) is 0 Å². The highest BCUT2D eigenvalue weighted by molar-refractivity contribution is 6.10. The lowest BCUT2D eigenvalue weighted by molar-refractivity contribution is -0.165. The average molecular weight is 670 g/mol. The molecule has 3 aromatic carbocycles. The van der Waals surface area contributed by atoms with E-state index in [4.69, 9.17) is 10.5 Å². The van der Waals surface area contributed by atoms with Crippen molar-refractivity contribution < 1.29 is 49.9 Å². The molecule has 0 bridgehead atoms. The van der Waals surface area contributed by atoms with Crippen LogP contribution >= 0.6 is 0 Å². The first-order valence-corrected chi connectivity index (χ1v) is 14.4. The first kappa shape index (κ1) is 37.0. The Morgan fingerprint density at radius 2 is 1.40 bits per heavy atom. The fraction of sp³-hybridized carbons (Fsp3) is 0.364. The molecule has 0 fully saturated rings. The summed E-state index contributed by atoms with van der Waals surface area (Å²) >= 11 is 0. The summed E-state index contributed by atoms with van der Waals surface area (Å²) in [5, 5.41) is 3.22. The van der Waals surface area contributed by atoms with Gasteiger partial charge in [-0.3, -0.25) is 14.4 Å². The van der Waals surface area contributed by atoms with Gasteiger partial charge in [0.2, 0.25) is 11.7 Å². The number of carbonyl (C=O) groups excluding carboxylic acids is 3. The lowest BCUT2D eigenvalue weighted by Gasteiger charge is -2.31. The molecule has 3 rings (SSSR count). The number of ketones is 1. The highest BCUT2D eigenvalue weighted by Gasteiger charge is 2.52. The van der Waals surface area contributed by atoms with E-state index in [2.05, 4.69) is 5.32 Å². The standard InChI is InChI=1S/C33H34F7N3O4/c1-18(2)28(29(44)33(39,40)31(46)42-17-32(36,37)38)43-30(45)27(20-7-5-4-6-8-20)26(41)16-25(19-9-11-24(47-3)12-10-19)21-13-22(34)15-23(35)14-21/h4-15,18,25-28H,16-17,41H2,1-3H3,(H,42,46)(H,43,45)/t25?,26?,27-,28-/m0/s1. The number of nitrogens with one attached hydrogen (secondary N) is 2. The highest BCUT2D eigenvalue weighted by atomic mass is 19.4. The molecule has 3 aromatic rings. The van der Waals surface area contributed by atoms with Gasteiger partial charge in [0, 0.05) is 18.0 Å². The maximum absolute atomic E-state index is 14.8. The van der Waals surface area contributed by atoms with Crippen LogP contribution < -0.4 is 21.1 Å². The monoisotopic (exact) mass is 669 g/mol. The number of halogens is 7. The maximum Gasteiger partial charge on any atom is 0.405 e. The molecule has 2 amide bonds. The number of nitrogens with two attached hydrogens (primary N) is 1. The molecule has 0 aliphatic heterocycles. The minimum Gasteiger partial charge on any atom is -0.497 e. The van der Waals surface area contributed by atoms with Crippen LogP contribution in [0.5, 0.6) is 5.75 Å². The van der Waals surface area contributed by atoms with Crippen LogP contribution in [0.15, 0.2) is 72.8 Å². The number of methoxy groups -OCH3 is 1. The fourth-order valence-corrected chi connectivity index (χ4v) is 5.12. The largest absolute Gasteiger partial charge is 0.497 e. The van der Waals surface area contributed by atoms with E-state index in [0.717, 1.165) is 17.4 Å². The Balaban J connectivity index is 1.98. The van der Waals surface area contributed by atoms with E-state index in [1.165, 1.54) is 33.1 Å². The summed E-state index contributed by atoms with van der Waals surface area (Å²) < 4.78 is 101. The molecule has 0 aromatic heterocycles. The molecule has 0 aliphatic rings. The summed E-state index contributed by atoms with van der Waals surface area (Å²) in [5.74, 6) is -14.9. The Labute approximate surface area is 266 Å². The molecule has 0 saturated heterocycles. The van der Waals surface area contributed by atoms with Crippen LogP contribution in [0.4, 0.5) is 30.7 Å². The first-order chi connectivity index (χ1) is 21.9. The van der Waals surface area contributed by atoms with Crippen LogP contribution in [-0.2, 0) is 14.4 Å². The number of benzene rings is 3. The number of hydrogen-bond acceptors (Lipinski definition) is 5. The van der Waals surface area contributed by atoms with E-state index in [9.17, 15) is 45.1 Å². The van der Waals surface area contributed by atoms with Crippen molar-refractivity contribution in [2.45, 2.75) is 56.3 Å². The van der Waals surface area contributed by atoms with Crippen LogP contribution in [0.2, 0.25) is 0 Å². The average Bonchev–Trinajstić information content (AvgIpc) is 3.00. The van der Waals surface area contributed by atoms with Crippen LogP contribution in [0, 0.1) is 17.6 Å². The van der Waals surface area contributed by atoms with Gasteiger partial charge in [0.05, 0.1) is 19.1 Å². The number of alkyl halides is 5. The van der Waals surface area contributed by atoms with Crippen molar-refractivity contribution in [3.8, 4) is 5.75 Å². The number of amides is 2. The van der Waals surface area contributed by atoms with Gasteiger partial charge in [-0.05, 0) is 53.3 Å². The molecule has 254 valence electrons. The van der Waals surface area contributed by atoms with E-state index in [1.54, 1.807) is 42.5 Å². The quantitative estimate of drug-likeness (QED) is 0.152. The molecule has 0 spiro atoms. The van der Waals surface area contributed by atoms with Crippen LogP contribution in [0.25, 0.3) is 0 Å². The second kappa shape index (κ2) is 15.4. The Morgan fingerprint density at radius 1 is 0.830 bits per heavy atom. The van der Waals surface area contributed by atoms with Gasteiger partial charge >= 0.3 is 12.1 Å². The van der Waals surface area contributed by atoms with Crippen molar-refractivity contribution in [1.29, 1.82) is 0 Å². The third-order valence-corrected chi connectivity index (χ3v) is 7.47. The Morgan fingerprint density at radius 3 is 1.91 bits per heavy atom. The summed E-state index contributed by atoms with van der Waals surface area (Å²) in [7, 11) is 1.45. The van der Waals surface area contributed by atoms with E-state index < -0.39 is 77.7 Å². The molecule has 0 radical (unpaired) electrons. The highest BCUT2D eigenvalue weighted by Crippen LogP contribution is 2.35. The van der Waals surface area contributed by atoms with Crippen LogP contribution in [0.1, 0.15) is 48.8 Å². The Kier molecular flexibility index (Phi) is 12.1. The fourth-order valence-electron chi connectivity index (χ4n) is 5.12. The van der Waals surface area contributed by atoms with Crippen molar-refractivity contribution in [3.05, 3.63) is 101 Å². The molecule has 0 aliphatic carbocycles. The van der Waals surface area contributed by atoms with Crippen LogP contribution in [0.3, 0.4) is 0 Å². The Hall–Kier alpha value is -4.46. The van der Waals surface area contributed by atoms with E-state index in [1.807, 2.05) is 0 Å². The van der Waals surface area contributed by atoms with Gasteiger partial charge in [0.1, 0.15) is 23.9 Å². The summed E-state index contributed by atoms with van der Waals surface area (Å²) in [4.78, 5) is 38.6. The number of Topliss-reactive ketones (excluding diaryl/α,β-unsaturated/α-hetero) is 1. The first-order valence-electron chi connectivity index (χ1n) is 14.4. The SMILES string of the molecule is COc1ccc(C(CC(N)[C@@H](C(=O)N[C@H](C(=O)C(F)(F)C(=O)NCC(F)(F)F)C(C)C)c2ccccc2)c2cc(F)cc(F)c2)cc1. The van der Waals surface area contributed by atoms with E-state index in [-0.39, 0.29) is 12.0 Å². The zero-order valence-corrected chi connectivity index (χ0v) is 25.6. The summed E-state index contributed by atoms with van der Waals surface area (Å²) in [6.45, 7) is 0.493. The molecule has 4 N–H and O–H groups in total. The molecule has 14 heteroatoms. The van der Waals surface area contributed by atoms with Gasteiger partial charge in [-0.2, -0.15) is 22.0 Å². The van der Waals surface area contributed by atoms with Crippen LogP contribution in [-0.4, -0.2) is 55.4 Å². The predicted octanol–water partition coefficient (Wildman–Crippen LogP) is 5.63. The van der Waals surface area contributed by atoms with Gasteiger partial charge in [-0.1, -0.05) is 56.3 Å². The summed E-state index contributed by atoms with van der Waals surface area (Å²) in [5.41, 5.74) is 7.67. The summed E-state index contributed by atoms with van der Waals surface area (Å²) in [6.07, 6.45) is -5.13. The van der Waals surface area contributed by atoms with Gasteiger partial charge in [-0.25, -0.2) is 8.78 Å². The number of carbonyl (C=O) groups is 3. The molecule has 4 atom stereocenters. The minimum atomic E-state index is -5.01. The Bertz CT molecular complexity index is 1510. The van der Waals surface area contributed by atoms with Gasteiger partial charge in [-0.15, -0.1) is 0 Å². The number of hydrogen-bond donors (Lipinski definition) is 3. The van der Waals surface area contributed by atoms with Gasteiger partial charge < -0.3 is 21.1 Å². The molecule has 47 heavy (non-hydrogen) atoms. The molecule has 0 heterocycles. The second-order valence-electron chi connectivity index (χ2n) is 11.3. The maximum atomic E-state index is 14.8. The molecular formula is C33H34F7N3O4. The third kappa shape index (κ3) is 9.77. The van der Waals surface area contributed by atoms with Crippen molar-refractivity contribution in [1.82, 2.24) is 10.6 Å². The molecular weight excluding hydrogens is 635 g/mol. The van der Waals surface area contributed by atoms with Crippen molar-refractivity contribution >= 4 is 17.6 Å². The molecule has 7 nitrogen and oxygen atoms in total. The zero-order chi connectivity index (χ0) is 35.1. The molecule has 0 saturated carbocycles. The normalized spacial score (nSPS) is 14.6. The van der Waals surface area contributed by atoms with E-state index in [0.29, 0.717) is 22.9 Å². The number of rotatable bonds is 14. The topological polar surface area (TPSA) is 111 Å². The zero-order valence-electron chi connectivity index (χ0n) is 25.6. The van der Waals surface area contributed by atoms with E-state index >= 15 is 0 Å². The predicted molar refractivity (Wildman–Crippen MR) is 159 cm³/mol. The smallest absolute Gasteiger partial charge is 0.405 e. The van der Waals surface area contributed by atoms with Crippen molar-refractivity contribution in [2.75, 3.05) is 13.7 Å². The van der Waals surface area contributed by atoms with Crippen molar-refractivity contribution in [2.24, 2.45) is 11.7 Å². The third-order valence-electron chi connectivity index (χ3n) is 7.47. The lowest BCUT2D eigenvalue weighted by atomic mass is 9.80. The van der Waals surface area contributed by atoms with Gasteiger partial charge in [0.25, 0.3) is 5.91 Å². The molecule has 2 unspecified atom stereocenters. The number of ether oxygens (including phenoxy) is 1. The second-order valence-corrected chi connectivity index (χ2v) is 11.3. The van der Waals surface area contributed by atoms with Gasteiger partial charge in [0.15, 0.2) is 0 Å².